The Hall–Kier alpha value is -3.93. The molecule has 0 aliphatic carbocycles. The molecule has 0 aliphatic heterocycles. The van der Waals surface area contributed by atoms with Gasteiger partial charge < -0.3 is 14.2 Å². The van der Waals surface area contributed by atoms with Gasteiger partial charge in [-0.2, -0.15) is 0 Å². The summed E-state index contributed by atoms with van der Waals surface area (Å²) < 4.78 is 16.9. The lowest BCUT2D eigenvalue weighted by molar-refractivity contribution is -0.167. The van der Waals surface area contributed by atoms with Gasteiger partial charge in [-0.25, -0.2) is 0 Å². The van der Waals surface area contributed by atoms with E-state index in [0.717, 1.165) is 135 Å². The van der Waals surface area contributed by atoms with Crippen LogP contribution < -0.4 is 0 Å². The summed E-state index contributed by atoms with van der Waals surface area (Å²) in [5.74, 6) is -0.945. The lowest BCUT2D eigenvalue weighted by atomic mass is 10.1. The van der Waals surface area contributed by atoms with Gasteiger partial charge in [-0.1, -0.05) is 246 Å². The third-order valence-corrected chi connectivity index (χ3v) is 12.7. The number of ether oxygens (including phenoxy) is 3. The first-order valence-electron chi connectivity index (χ1n) is 30.4. The molecule has 73 heavy (non-hydrogen) atoms. The van der Waals surface area contributed by atoms with Gasteiger partial charge in [0.2, 0.25) is 0 Å². The summed E-state index contributed by atoms with van der Waals surface area (Å²) in [6.07, 6.45) is 82.3. The molecule has 416 valence electrons. The maximum absolute atomic E-state index is 12.9. The van der Waals surface area contributed by atoms with E-state index in [1.807, 2.05) is 0 Å². The summed E-state index contributed by atoms with van der Waals surface area (Å²) in [5, 5.41) is 0. The molecule has 0 rings (SSSR count). The zero-order chi connectivity index (χ0) is 52.9. The van der Waals surface area contributed by atoms with E-state index in [-0.39, 0.29) is 31.1 Å². The number of hydrogen-bond donors (Lipinski definition) is 0. The van der Waals surface area contributed by atoms with E-state index in [2.05, 4.69) is 130 Å². The van der Waals surface area contributed by atoms with Crippen LogP contribution in [-0.2, 0) is 28.6 Å². The zero-order valence-corrected chi connectivity index (χ0v) is 47.6. The third kappa shape index (κ3) is 58.8. The van der Waals surface area contributed by atoms with Crippen LogP contribution in [0.2, 0.25) is 0 Å². The monoisotopic (exact) mass is 1010 g/mol. The van der Waals surface area contributed by atoms with Crippen molar-refractivity contribution in [3.8, 4) is 0 Å². The Bertz CT molecular complexity index is 1490. The van der Waals surface area contributed by atoms with Crippen LogP contribution in [0.4, 0.5) is 0 Å². The number of hydrogen-bond acceptors (Lipinski definition) is 6. The fourth-order valence-electron chi connectivity index (χ4n) is 8.24. The fraction of sp³-hybridized carbons (Fsp3) is 0.687. The average molecular weight is 1010 g/mol. The van der Waals surface area contributed by atoms with Crippen molar-refractivity contribution >= 4 is 17.9 Å². The Balaban J connectivity index is 4.45. The van der Waals surface area contributed by atoms with Gasteiger partial charge in [0, 0.05) is 19.3 Å². The van der Waals surface area contributed by atoms with Crippen molar-refractivity contribution in [3.05, 3.63) is 109 Å². The number of esters is 3. The zero-order valence-electron chi connectivity index (χ0n) is 47.6. The van der Waals surface area contributed by atoms with E-state index in [0.29, 0.717) is 19.3 Å². The number of allylic oxidation sites excluding steroid dienone is 18. The van der Waals surface area contributed by atoms with Crippen LogP contribution >= 0.6 is 0 Å². The minimum Gasteiger partial charge on any atom is -0.462 e. The topological polar surface area (TPSA) is 78.9 Å². The summed E-state index contributed by atoms with van der Waals surface area (Å²) in [6.45, 7) is 6.38. The van der Waals surface area contributed by atoms with Crippen molar-refractivity contribution in [3.63, 3.8) is 0 Å². The van der Waals surface area contributed by atoms with Crippen molar-refractivity contribution in [1.82, 2.24) is 0 Å². The van der Waals surface area contributed by atoms with Crippen LogP contribution in [-0.4, -0.2) is 37.2 Å². The van der Waals surface area contributed by atoms with Gasteiger partial charge in [0.25, 0.3) is 0 Å². The highest BCUT2D eigenvalue weighted by Gasteiger charge is 2.19. The molecular weight excluding hydrogens is 901 g/mol. The average Bonchev–Trinajstić information content (AvgIpc) is 3.39. The van der Waals surface area contributed by atoms with E-state index in [1.165, 1.54) is 103 Å². The predicted octanol–water partition coefficient (Wildman–Crippen LogP) is 20.7. The molecule has 6 heteroatoms. The number of carbonyl (C=O) groups is 3. The summed E-state index contributed by atoms with van der Waals surface area (Å²) in [5.41, 5.74) is 0. The maximum atomic E-state index is 12.9. The molecule has 6 nitrogen and oxygen atoms in total. The summed E-state index contributed by atoms with van der Waals surface area (Å²) >= 11 is 0. The molecule has 0 radical (unpaired) electrons. The van der Waals surface area contributed by atoms with Gasteiger partial charge >= 0.3 is 17.9 Å². The van der Waals surface area contributed by atoms with Crippen molar-refractivity contribution < 1.29 is 28.6 Å². The Morgan fingerprint density at radius 3 is 0.849 bits per heavy atom. The molecule has 0 aromatic rings. The van der Waals surface area contributed by atoms with Crippen molar-refractivity contribution in [2.24, 2.45) is 0 Å². The molecule has 0 saturated heterocycles. The number of rotatable bonds is 54. The smallest absolute Gasteiger partial charge is 0.306 e. The standard InChI is InChI=1S/C67H112O6/c1-4-7-10-13-16-19-22-25-28-31-32-33-34-37-39-42-45-48-51-54-57-60-66(69)72-63-64(73-67(70)61-58-55-52-49-46-43-40-36-30-27-24-21-18-15-12-9-6-3)62-71-65(68)59-56-53-50-47-44-41-38-35-29-26-23-20-17-14-11-8-5-2/h8-9,11-12,17-18,20-21,26-27,29-32,38,40-41,43,64H,4-7,10,13-16,19,22-25,28,33-37,39,42,44-63H2,1-3H3/b11-8-,12-9-,20-17-,21-18-,29-26-,30-27-,32-31-,41-38-,43-40-. The highest BCUT2D eigenvalue weighted by atomic mass is 16.6. The first kappa shape index (κ1) is 69.1. The van der Waals surface area contributed by atoms with Gasteiger partial charge in [0.1, 0.15) is 13.2 Å². The van der Waals surface area contributed by atoms with E-state index in [4.69, 9.17) is 14.2 Å². The molecule has 0 heterocycles. The second kappa shape index (κ2) is 60.6. The first-order valence-corrected chi connectivity index (χ1v) is 30.4. The van der Waals surface area contributed by atoms with E-state index in [1.54, 1.807) is 0 Å². The van der Waals surface area contributed by atoms with Crippen LogP contribution in [0.5, 0.6) is 0 Å². The van der Waals surface area contributed by atoms with Crippen molar-refractivity contribution in [1.29, 1.82) is 0 Å². The van der Waals surface area contributed by atoms with Crippen molar-refractivity contribution in [2.45, 2.75) is 284 Å². The fourth-order valence-corrected chi connectivity index (χ4v) is 8.24. The summed E-state index contributed by atoms with van der Waals surface area (Å²) in [7, 11) is 0. The molecule has 0 spiro atoms. The molecular formula is C67H112O6. The second-order valence-electron chi connectivity index (χ2n) is 19.8. The van der Waals surface area contributed by atoms with E-state index in [9.17, 15) is 14.4 Å². The molecule has 1 atom stereocenters. The SMILES string of the molecule is CC/C=C\C/C=C\C/C=C\C/C=C\CCCCCCC(=O)OCC(COC(=O)CCCCCCCCCCC/C=C\CCCCCCCCCC)OC(=O)CCCCCC/C=C\C/C=C\C/C=C\C/C=C\CC. The quantitative estimate of drug-likeness (QED) is 0.0261. The second-order valence-corrected chi connectivity index (χ2v) is 19.8. The summed E-state index contributed by atoms with van der Waals surface area (Å²) in [4.78, 5) is 38.3. The van der Waals surface area contributed by atoms with Crippen LogP contribution in [0.3, 0.4) is 0 Å². The number of unbranched alkanes of at least 4 members (excludes halogenated alkanes) is 25. The highest BCUT2D eigenvalue weighted by Crippen LogP contribution is 2.15. The molecule has 0 N–H and O–H groups in total. The number of carbonyl (C=O) groups excluding carboxylic acids is 3. The largest absolute Gasteiger partial charge is 0.462 e. The van der Waals surface area contributed by atoms with Crippen LogP contribution in [0, 0.1) is 0 Å². The molecule has 0 aliphatic rings. The van der Waals surface area contributed by atoms with Crippen molar-refractivity contribution in [2.75, 3.05) is 13.2 Å². The molecule has 0 saturated carbocycles. The minimum absolute atomic E-state index is 0.0981. The minimum atomic E-state index is -0.805. The van der Waals surface area contributed by atoms with Crippen LogP contribution in [0.15, 0.2) is 109 Å². The predicted molar refractivity (Wildman–Crippen MR) is 316 cm³/mol. The maximum Gasteiger partial charge on any atom is 0.306 e. The van der Waals surface area contributed by atoms with E-state index >= 15 is 0 Å². The van der Waals surface area contributed by atoms with Gasteiger partial charge in [-0.3, -0.25) is 14.4 Å². The van der Waals surface area contributed by atoms with Gasteiger partial charge in [0.05, 0.1) is 0 Å². The molecule has 0 aromatic heterocycles. The Labute approximate surface area is 450 Å². The Kier molecular flexibility index (Phi) is 57.4. The highest BCUT2D eigenvalue weighted by molar-refractivity contribution is 5.71. The molecule has 0 fully saturated rings. The normalized spacial score (nSPS) is 12.9. The van der Waals surface area contributed by atoms with Gasteiger partial charge in [0.15, 0.2) is 6.10 Å². The summed E-state index contributed by atoms with van der Waals surface area (Å²) in [6, 6.07) is 0. The Morgan fingerprint density at radius 1 is 0.288 bits per heavy atom. The van der Waals surface area contributed by atoms with Gasteiger partial charge in [-0.05, 0) is 122 Å². The molecule has 0 amide bonds. The molecule has 1 unspecified atom stereocenters. The van der Waals surface area contributed by atoms with Gasteiger partial charge in [-0.15, -0.1) is 0 Å². The van der Waals surface area contributed by atoms with E-state index < -0.39 is 6.10 Å². The van der Waals surface area contributed by atoms with Crippen LogP contribution in [0.25, 0.3) is 0 Å². The Morgan fingerprint density at radius 2 is 0.534 bits per heavy atom. The van der Waals surface area contributed by atoms with Crippen LogP contribution in [0.1, 0.15) is 278 Å². The first-order chi connectivity index (χ1) is 36.0. The lowest BCUT2D eigenvalue weighted by Crippen LogP contribution is -2.30. The molecule has 0 bridgehead atoms. The third-order valence-electron chi connectivity index (χ3n) is 12.7. The lowest BCUT2D eigenvalue weighted by Gasteiger charge is -2.18. The molecule has 0 aromatic carbocycles.